The van der Waals surface area contributed by atoms with Gasteiger partial charge in [0.2, 0.25) is 0 Å². The smallest absolute Gasteiger partial charge is 0.261 e. The molecule has 5 aromatic rings. The largest absolute Gasteiger partial charge is 0.493 e. The topological polar surface area (TPSA) is 150 Å². The highest BCUT2D eigenvalue weighted by Gasteiger charge is 2.36. The quantitative estimate of drug-likeness (QED) is 0.168. The Hall–Kier alpha value is -5.86. The zero-order valence-corrected chi connectivity index (χ0v) is 29.0. The van der Waals surface area contributed by atoms with Crippen molar-refractivity contribution in [3.05, 3.63) is 106 Å². The lowest BCUT2D eigenvalue weighted by Gasteiger charge is -2.26. The number of nitrogens with one attached hydrogen (secondary N) is 1. The van der Waals surface area contributed by atoms with Gasteiger partial charge in [-0.25, -0.2) is 9.97 Å². The number of anilines is 2. The molecule has 0 aliphatic carbocycles. The van der Waals surface area contributed by atoms with Crippen LogP contribution in [0.4, 0.5) is 11.5 Å². The van der Waals surface area contributed by atoms with Crippen LogP contribution in [0.25, 0.3) is 10.9 Å². The van der Waals surface area contributed by atoms with Crippen LogP contribution in [0.3, 0.4) is 0 Å². The zero-order chi connectivity index (χ0) is 36.0. The van der Waals surface area contributed by atoms with Crippen LogP contribution in [-0.4, -0.2) is 101 Å². The molecule has 2 aromatic heterocycles. The molecule has 0 spiro atoms. The van der Waals surface area contributed by atoms with Crippen LogP contribution in [0.15, 0.2) is 78.0 Å². The molecule has 268 valence electrons. The van der Waals surface area contributed by atoms with Crippen LogP contribution in [0.2, 0.25) is 0 Å². The van der Waals surface area contributed by atoms with E-state index in [2.05, 4.69) is 20.2 Å². The molecule has 14 nitrogen and oxygen atoms in total. The predicted octanol–water partition coefficient (Wildman–Crippen LogP) is 3.74. The average molecular weight is 706 g/mol. The molecular formula is C38H39N7O7. The van der Waals surface area contributed by atoms with E-state index in [0.717, 1.165) is 25.2 Å². The molecule has 2 aliphatic rings. The average Bonchev–Trinajstić information content (AvgIpc) is 3.41. The van der Waals surface area contributed by atoms with Gasteiger partial charge in [-0.05, 0) is 60.5 Å². The van der Waals surface area contributed by atoms with E-state index in [1.165, 1.54) is 4.90 Å². The van der Waals surface area contributed by atoms with Gasteiger partial charge in [0.15, 0.2) is 11.5 Å². The first kappa shape index (κ1) is 34.6. The van der Waals surface area contributed by atoms with Crippen molar-refractivity contribution in [3.8, 4) is 17.2 Å². The fourth-order valence-corrected chi connectivity index (χ4v) is 6.45. The Labute approximate surface area is 299 Å². The van der Waals surface area contributed by atoms with Gasteiger partial charge in [0.1, 0.15) is 24.0 Å². The molecular weight excluding hydrogens is 666 g/mol. The van der Waals surface area contributed by atoms with E-state index in [0.29, 0.717) is 89.4 Å². The minimum atomic E-state index is -0.408. The van der Waals surface area contributed by atoms with Crippen LogP contribution in [0.5, 0.6) is 17.2 Å². The summed E-state index contributed by atoms with van der Waals surface area (Å²) in [6, 6.07) is 15.9. The predicted molar refractivity (Wildman–Crippen MR) is 193 cm³/mol. The molecule has 4 heterocycles. The van der Waals surface area contributed by atoms with Gasteiger partial charge in [0.05, 0.1) is 55.7 Å². The first-order valence-electron chi connectivity index (χ1n) is 17.1. The van der Waals surface area contributed by atoms with Gasteiger partial charge in [0.25, 0.3) is 17.4 Å². The van der Waals surface area contributed by atoms with Gasteiger partial charge >= 0.3 is 0 Å². The molecule has 2 amide bonds. The summed E-state index contributed by atoms with van der Waals surface area (Å²) in [5.41, 5.74) is 2.47. The third-order valence-electron chi connectivity index (χ3n) is 9.22. The highest BCUT2D eigenvalue weighted by atomic mass is 16.5. The van der Waals surface area contributed by atoms with Crippen LogP contribution >= 0.6 is 0 Å². The summed E-state index contributed by atoms with van der Waals surface area (Å²) >= 11 is 0. The monoisotopic (exact) mass is 705 g/mol. The number of fused-ring (bicyclic) bond motifs is 2. The first-order valence-corrected chi connectivity index (χ1v) is 17.1. The number of amides is 2. The number of hydrogen-bond acceptors (Lipinski definition) is 12. The van der Waals surface area contributed by atoms with Gasteiger partial charge in [-0.15, -0.1) is 0 Å². The second-order valence-corrected chi connectivity index (χ2v) is 12.4. The van der Waals surface area contributed by atoms with Crippen molar-refractivity contribution in [3.63, 3.8) is 0 Å². The van der Waals surface area contributed by atoms with Crippen molar-refractivity contribution in [2.75, 3.05) is 65.5 Å². The Balaban J connectivity index is 1.12. The molecule has 0 radical (unpaired) electrons. The lowest BCUT2D eigenvalue weighted by Crippen LogP contribution is -2.38. The molecule has 1 saturated heterocycles. The summed E-state index contributed by atoms with van der Waals surface area (Å²) in [6.45, 7) is 4.65. The Morgan fingerprint density at radius 1 is 0.827 bits per heavy atom. The van der Waals surface area contributed by atoms with Crippen LogP contribution in [0, 0.1) is 0 Å². The second-order valence-electron chi connectivity index (χ2n) is 12.4. The van der Waals surface area contributed by atoms with E-state index in [9.17, 15) is 14.4 Å². The van der Waals surface area contributed by atoms with E-state index < -0.39 is 11.8 Å². The maximum Gasteiger partial charge on any atom is 0.261 e. The molecule has 1 N–H and O–H groups in total. The normalized spacial score (nSPS) is 14.5. The highest BCUT2D eigenvalue weighted by molar-refractivity contribution is 6.21. The molecule has 0 bridgehead atoms. The number of benzene rings is 3. The highest BCUT2D eigenvalue weighted by Crippen LogP contribution is 2.29. The Morgan fingerprint density at radius 3 is 2.44 bits per heavy atom. The summed E-state index contributed by atoms with van der Waals surface area (Å²) in [5.74, 6) is 1.91. The minimum Gasteiger partial charge on any atom is -0.493 e. The van der Waals surface area contributed by atoms with Crippen LogP contribution < -0.4 is 25.1 Å². The lowest BCUT2D eigenvalue weighted by molar-refractivity contribution is 0.0322. The molecule has 2 aliphatic heterocycles. The van der Waals surface area contributed by atoms with E-state index in [-0.39, 0.29) is 18.5 Å². The van der Waals surface area contributed by atoms with Crippen molar-refractivity contribution in [2.45, 2.75) is 19.4 Å². The molecule has 0 unspecified atom stereocenters. The Bertz CT molecular complexity index is 2150. The van der Waals surface area contributed by atoms with Gasteiger partial charge in [0, 0.05) is 57.2 Å². The fourth-order valence-electron chi connectivity index (χ4n) is 6.45. The molecule has 1 fully saturated rings. The van der Waals surface area contributed by atoms with Crippen LogP contribution in [-0.2, 0) is 24.1 Å². The molecule has 0 saturated carbocycles. The fraction of sp³-hybridized carbons (Fsp3) is 0.316. The molecule has 7 rings (SSSR count). The molecule has 14 heteroatoms. The van der Waals surface area contributed by atoms with E-state index >= 15 is 0 Å². The number of imide groups is 1. The number of ether oxygens (including phenoxy) is 4. The Morgan fingerprint density at radius 2 is 1.65 bits per heavy atom. The SMILES string of the molecule is COc1ccc(CCn2c(CCN3C(=O)c4ccc(OCCN5CCOCC5)cc4C3=O)nc3cc(Nc4cnccn4)ccc3c2=O)cc1OC. The van der Waals surface area contributed by atoms with Crippen molar-refractivity contribution < 1.29 is 28.5 Å². The number of carbonyl (C=O) groups excluding carboxylic acids is 2. The summed E-state index contributed by atoms with van der Waals surface area (Å²) in [6.07, 6.45) is 5.41. The molecule has 52 heavy (non-hydrogen) atoms. The van der Waals surface area contributed by atoms with Crippen molar-refractivity contribution in [1.82, 2.24) is 29.3 Å². The third kappa shape index (κ3) is 7.43. The number of aromatic nitrogens is 4. The number of hydrogen-bond donors (Lipinski definition) is 1. The van der Waals surface area contributed by atoms with Crippen molar-refractivity contribution in [1.29, 1.82) is 0 Å². The maximum atomic E-state index is 14.1. The summed E-state index contributed by atoms with van der Waals surface area (Å²) in [4.78, 5) is 57.9. The number of rotatable bonds is 14. The third-order valence-corrected chi connectivity index (χ3v) is 9.22. The molecule has 0 atom stereocenters. The molecule has 3 aromatic carbocycles. The minimum absolute atomic E-state index is 0.0332. The number of nitrogens with zero attached hydrogens (tertiary/aromatic N) is 6. The van der Waals surface area contributed by atoms with Gasteiger partial charge < -0.3 is 24.3 Å². The van der Waals surface area contributed by atoms with E-state index in [4.69, 9.17) is 23.9 Å². The van der Waals surface area contributed by atoms with E-state index in [1.807, 2.05) is 18.2 Å². The lowest BCUT2D eigenvalue weighted by atomic mass is 10.1. The summed E-state index contributed by atoms with van der Waals surface area (Å²) in [5, 5.41) is 3.62. The number of methoxy groups -OCH3 is 2. The van der Waals surface area contributed by atoms with Crippen LogP contribution in [0.1, 0.15) is 32.1 Å². The zero-order valence-electron chi connectivity index (χ0n) is 29.0. The summed E-state index contributed by atoms with van der Waals surface area (Å²) in [7, 11) is 3.15. The standard InChI is InChI=1S/C38H39N7O7/c1-49-32-8-3-25(21-33(32)50-2)9-13-44-35(42-31-22-26(4-6-29(31)37(44)47)41-34-24-39-11-12-40-34)10-14-45-36(46)28-7-5-27(23-30(28)38(45)48)52-20-17-43-15-18-51-19-16-43/h3-8,11-12,21-24H,9-10,13-20H2,1-2H3,(H,40,41). The number of aryl methyl sites for hydroxylation is 1. The van der Waals surface area contributed by atoms with Crippen molar-refractivity contribution >= 4 is 34.2 Å². The van der Waals surface area contributed by atoms with Gasteiger partial charge in [-0.3, -0.25) is 33.7 Å². The first-order chi connectivity index (χ1) is 25.4. The van der Waals surface area contributed by atoms with Crippen molar-refractivity contribution in [2.24, 2.45) is 0 Å². The number of morpholine rings is 1. The van der Waals surface area contributed by atoms with E-state index in [1.54, 1.807) is 73.8 Å². The maximum absolute atomic E-state index is 14.1. The number of carbonyl (C=O) groups is 2. The van der Waals surface area contributed by atoms with Gasteiger partial charge in [-0.2, -0.15) is 0 Å². The summed E-state index contributed by atoms with van der Waals surface area (Å²) < 4.78 is 23.8. The van der Waals surface area contributed by atoms with Gasteiger partial charge in [-0.1, -0.05) is 6.07 Å². The second kappa shape index (κ2) is 15.6. The Kier molecular flexibility index (Phi) is 10.4.